The number of nitrogens with one attached hydrogen (secondary N) is 2. The highest BCUT2D eigenvalue weighted by atomic mass is 35.5. The van der Waals surface area contributed by atoms with Crippen LogP contribution in [0.4, 0.5) is 11.9 Å². The van der Waals surface area contributed by atoms with Gasteiger partial charge in [-0.05, 0) is 18.0 Å². The van der Waals surface area contributed by atoms with E-state index in [0.29, 0.717) is 31.7 Å². The van der Waals surface area contributed by atoms with E-state index in [4.69, 9.17) is 21.1 Å². The van der Waals surface area contributed by atoms with E-state index in [-0.39, 0.29) is 10.9 Å². The molecule has 1 fully saturated rings. The van der Waals surface area contributed by atoms with Gasteiger partial charge in [0.05, 0.1) is 6.61 Å². The number of hydrogen-bond acceptors (Lipinski definition) is 7. The van der Waals surface area contributed by atoms with E-state index in [2.05, 4.69) is 32.5 Å². The fourth-order valence-electron chi connectivity index (χ4n) is 1.95. The number of rotatable bonds is 7. The van der Waals surface area contributed by atoms with Gasteiger partial charge in [0.25, 0.3) is 0 Å². The molecule has 0 saturated carbocycles. The third kappa shape index (κ3) is 3.91. The minimum absolute atomic E-state index is 0.162. The maximum absolute atomic E-state index is 5.89. The van der Waals surface area contributed by atoms with Crippen LogP contribution < -0.4 is 10.6 Å². The summed E-state index contributed by atoms with van der Waals surface area (Å²) in [5.41, 5.74) is -0.323. The van der Waals surface area contributed by atoms with Crippen LogP contribution in [0, 0.1) is 0 Å². The summed E-state index contributed by atoms with van der Waals surface area (Å²) in [6.45, 7) is 4.69. The van der Waals surface area contributed by atoms with Crippen LogP contribution in [0.2, 0.25) is 5.28 Å². The van der Waals surface area contributed by atoms with Crippen LogP contribution in [0.15, 0.2) is 0 Å². The zero-order valence-electron chi connectivity index (χ0n) is 11.8. The van der Waals surface area contributed by atoms with Crippen LogP contribution in [-0.2, 0) is 9.47 Å². The third-order valence-electron chi connectivity index (χ3n) is 3.21. The smallest absolute Gasteiger partial charge is 0.228 e. The lowest BCUT2D eigenvalue weighted by atomic mass is 10.0. The second-order valence-electron chi connectivity index (χ2n) is 4.72. The summed E-state index contributed by atoms with van der Waals surface area (Å²) < 4.78 is 10.9. The van der Waals surface area contributed by atoms with E-state index in [1.807, 2.05) is 0 Å². The largest absolute Gasteiger partial charge is 0.378 e. The van der Waals surface area contributed by atoms with Crippen molar-refractivity contribution in [3.63, 3.8) is 0 Å². The zero-order chi connectivity index (χ0) is 14.4. The molecule has 2 N–H and O–H groups in total. The zero-order valence-corrected chi connectivity index (χ0v) is 12.5. The third-order valence-corrected chi connectivity index (χ3v) is 3.38. The number of methoxy groups -OCH3 is 1. The Morgan fingerprint density at radius 2 is 2.05 bits per heavy atom. The Kier molecular flexibility index (Phi) is 5.33. The predicted octanol–water partition coefficient (Wildman–Crippen LogP) is 1.56. The van der Waals surface area contributed by atoms with Gasteiger partial charge in [-0.25, -0.2) is 0 Å². The molecule has 1 aromatic heterocycles. The number of nitrogens with zero attached hydrogens (tertiary/aromatic N) is 3. The summed E-state index contributed by atoms with van der Waals surface area (Å²) in [5, 5.41) is 6.39. The topological polar surface area (TPSA) is 81.2 Å². The lowest BCUT2D eigenvalue weighted by molar-refractivity contribution is -0.00631. The summed E-state index contributed by atoms with van der Waals surface area (Å²) in [7, 11) is 1.69. The quantitative estimate of drug-likeness (QED) is 0.791. The van der Waals surface area contributed by atoms with Crippen molar-refractivity contribution in [2.45, 2.75) is 25.4 Å². The van der Waals surface area contributed by atoms with Crippen LogP contribution in [-0.4, -0.2) is 54.0 Å². The number of anilines is 2. The van der Waals surface area contributed by atoms with Gasteiger partial charge in [0.2, 0.25) is 17.2 Å². The highest BCUT2D eigenvalue weighted by Crippen LogP contribution is 2.22. The molecule has 7 nitrogen and oxygen atoms in total. The number of ether oxygens (including phenoxy) is 2. The van der Waals surface area contributed by atoms with Crippen molar-refractivity contribution in [1.29, 1.82) is 0 Å². The molecule has 0 aromatic carbocycles. The monoisotopic (exact) mass is 301 g/mol. The first kappa shape index (κ1) is 15.2. The maximum Gasteiger partial charge on any atom is 0.228 e. The van der Waals surface area contributed by atoms with Crippen molar-refractivity contribution in [2.24, 2.45) is 0 Å². The second-order valence-corrected chi connectivity index (χ2v) is 5.06. The molecule has 0 radical (unpaired) electrons. The molecule has 1 unspecified atom stereocenters. The molecule has 0 spiro atoms. The van der Waals surface area contributed by atoms with Gasteiger partial charge in [0.1, 0.15) is 5.60 Å². The minimum atomic E-state index is -0.323. The van der Waals surface area contributed by atoms with Crippen molar-refractivity contribution >= 4 is 23.5 Å². The lowest BCUT2D eigenvalue weighted by Crippen LogP contribution is -2.40. The van der Waals surface area contributed by atoms with Crippen LogP contribution in [0.5, 0.6) is 0 Å². The van der Waals surface area contributed by atoms with Crippen LogP contribution in [0.1, 0.15) is 19.8 Å². The Bertz CT molecular complexity index is 440. The molecule has 20 heavy (non-hydrogen) atoms. The van der Waals surface area contributed by atoms with E-state index < -0.39 is 0 Å². The maximum atomic E-state index is 5.89. The summed E-state index contributed by atoms with van der Waals surface area (Å²) in [6, 6.07) is 0. The number of aromatic nitrogens is 3. The highest BCUT2D eigenvalue weighted by Gasteiger charge is 2.35. The van der Waals surface area contributed by atoms with Crippen LogP contribution >= 0.6 is 11.6 Å². The van der Waals surface area contributed by atoms with Gasteiger partial charge >= 0.3 is 0 Å². The van der Waals surface area contributed by atoms with Gasteiger partial charge in [-0.1, -0.05) is 6.92 Å². The van der Waals surface area contributed by atoms with Gasteiger partial charge < -0.3 is 20.1 Å². The first-order chi connectivity index (χ1) is 9.67. The lowest BCUT2D eigenvalue weighted by Gasteiger charge is -2.25. The molecule has 1 aliphatic heterocycles. The molecule has 0 amide bonds. The van der Waals surface area contributed by atoms with Crippen molar-refractivity contribution < 1.29 is 9.47 Å². The molecular weight excluding hydrogens is 282 g/mol. The summed E-state index contributed by atoms with van der Waals surface area (Å²) in [6.07, 6.45) is 1.83. The molecule has 1 saturated heterocycles. The molecule has 0 bridgehead atoms. The van der Waals surface area contributed by atoms with E-state index in [1.54, 1.807) is 7.11 Å². The van der Waals surface area contributed by atoms with E-state index in [1.165, 1.54) is 0 Å². The SMILES string of the molecule is CCCNc1nc(Cl)nc(NCC2(OC)CCOC2)n1. The Hall–Kier alpha value is -1.18. The van der Waals surface area contributed by atoms with Crippen LogP contribution in [0.3, 0.4) is 0 Å². The average molecular weight is 302 g/mol. The summed E-state index contributed by atoms with van der Waals surface area (Å²) in [5.74, 6) is 0.912. The van der Waals surface area contributed by atoms with Crippen LogP contribution in [0.25, 0.3) is 0 Å². The first-order valence-electron chi connectivity index (χ1n) is 6.70. The molecule has 8 heteroatoms. The van der Waals surface area contributed by atoms with Crippen molar-refractivity contribution in [1.82, 2.24) is 15.0 Å². The standard InChI is InChI=1S/C12H20ClN5O2/c1-3-5-14-10-16-9(13)17-11(18-10)15-7-12(19-2)4-6-20-8-12/h3-8H2,1-2H3,(H2,14,15,16,17,18). The van der Waals surface area contributed by atoms with Gasteiger partial charge in [0.15, 0.2) is 0 Å². The van der Waals surface area contributed by atoms with Gasteiger partial charge in [-0.2, -0.15) is 15.0 Å². The Balaban J connectivity index is 1.99. The van der Waals surface area contributed by atoms with Crippen molar-refractivity contribution in [3.8, 4) is 0 Å². The van der Waals surface area contributed by atoms with E-state index in [9.17, 15) is 0 Å². The number of hydrogen-bond donors (Lipinski definition) is 2. The minimum Gasteiger partial charge on any atom is -0.378 e. The molecule has 1 atom stereocenters. The molecule has 1 aliphatic rings. The molecule has 0 aliphatic carbocycles. The predicted molar refractivity (Wildman–Crippen MR) is 77.3 cm³/mol. The Labute approximate surface area is 123 Å². The molecule has 112 valence electrons. The molecule has 2 heterocycles. The first-order valence-corrected chi connectivity index (χ1v) is 7.07. The number of halogens is 1. The fourth-order valence-corrected chi connectivity index (χ4v) is 2.11. The van der Waals surface area contributed by atoms with E-state index in [0.717, 1.165) is 19.4 Å². The Morgan fingerprint density at radius 1 is 1.30 bits per heavy atom. The van der Waals surface area contributed by atoms with Crippen molar-refractivity contribution in [2.75, 3.05) is 44.0 Å². The van der Waals surface area contributed by atoms with E-state index >= 15 is 0 Å². The van der Waals surface area contributed by atoms with Gasteiger partial charge in [-0.3, -0.25) is 0 Å². The fraction of sp³-hybridized carbons (Fsp3) is 0.750. The van der Waals surface area contributed by atoms with Crippen molar-refractivity contribution in [3.05, 3.63) is 5.28 Å². The van der Waals surface area contributed by atoms with Gasteiger partial charge in [0, 0.05) is 33.2 Å². The Morgan fingerprint density at radius 3 is 2.65 bits per heavy atom. The summed E-state index contributed by atoms with van der Waals surface area (Å²) >= 11 is 5.89. The molecular formula is C12H20ClN5O2. The van der Waals surface area contributed by atoms with Gasteiger partial charge in [-0.15, -0.1) is 0 Å². The molecule has 1 aromatic rings. The summed E-state index contributed by atoms with van der Waals surface area (Å²) in [4.78, 5) is 12.4. The molecule has 2 rings (SSSR count). The average Bonchev–Trinajstić information content (AvgIpc) is 2.92. The normalized spacial score (nSPS) is 21.9. The highest BCUT2D eigenvalue weighted by molar-refractivity contribution is 6.28. The second kappa shape index (κ2) is 7.01.